The molecule has 3 nitrogen and oxygen atoms in total. The third-order valence-electron chi connectivity index (χ3n) is 5.41. The van der Waals surface area contributed by atoms with E-state index in [0.717, 1.165) is 24.0 Å². The first-order valence-corrected chi connectivity index (χ1v) is 10.3. The highest BCUT2D eigenvalue weighted by atomic mass is 35.6. The average Bonchev–Trinajstić information content (AvgIpc) is 2.90. The zero-order chi connectivity index (χ0) is 17.9. The summed E-state index contributed by atoms with van der Waals surface area (Å²) in [4.78, 5) is 2.65. The van der Waals surface area contributed by atoms with Crippen LogP contribution in [0.4, 0.5) is 0 Å². The van der Waals surface area contributed by atoms with E-state index >= 15 is 0 Å². The molecule has 1 aliphatic heterocycles. The van der Waals surface area contributed by atoms with Gasteiger partial charge in [-0.2, -0.15) is 3.84 Å². The Balaban J connectivity index is 0.000000701. The van der Waals surface area contributed by atoms with Crippen LogP contribution in [-0.4, -0.2) is 37.6 Å². The van der Waals surface area contributed by atoms with Crippen LogP contribution in [0.3, 0.4) is 0 Å². The van der Waals surface area contributed by atoms with Crippen molar-refractivity contribution in [1.82, 2.24) is 10.2 Å². The van der Waals surface area contributed by atoms with Crippen LogP contribution in [0, 0.1) is 5.92 Å². The number of rotatable bonds is 4. The largest absolute Gasteiger partial charge is 0.314 e. The molecule has 2 aliphatic rings. The summed E-state index contributed by atoms with van der Waals surface area (Å²) < 4.78 is 3.19. The zero-order valence-corrected chi connectivity index (χ0v) is 17.0. The third kappa shape index (κ3) is 7.62. The van der Waals surface area contributed by atoms with Crippen molar-refractivity contribution in [1.29, 1.82) is 0 Å². The van der Waals surface area contributed by atoms with Crippen LogP contribution in [0.5, 0.6) is 0 Å². The van der Waals surface area contributed by atoms with Gasteiger partial charge in [0.2, 0.25) is 0 Å². The molecule has 1 heterocycles. The second-order valence-corrected chi connectivity index (χ2v) is 7.93. The molecular weight excluding hydrogens is 379 g/mol. The maximum atomic E-state index is 6.28. The first-order chi connectivity index (χ1) is 12.2. The number of nitrogens with zero attached hydrogens (tertiary/aromatic N) is 1. The molecule has 0 bridgehead atoms. The molecule has 0 radical (unpaired) electrons. The van der Waals surface area contributed by atoms with Crippen LogP contribution in [0.2, 0.25) is 5.02 Å². The second-order valence-electron chi connectivity index (χ2n) is 7.02. The lowest BCUT2D eigenvalue weighted by atomic mass is 9.81. The quantitative estimate of drug-likeness (QED) is 0.656. The number of halogens is 3. The van der Waals surface area contributed by atoms with Crippen LogP contribution in [-0.2, 0) is 3.84 Å². The summed E-state index contributed by atoms with van der Waals surface area (Å²) in [6, 6.07) is 8.63. The predicted octanol–water partition coefficient (Wildman–Crippen LogP) is 5.61. The Bertz CT molecular complexity index is 475. The van der Waals surface area contributed by atoms with Gasteiger partial charge >= 0.3 is 0 Å². The van der Waals surface area contributed by atoms with Crippen molar-refractivity contribution in [2.45, 2.75) is 44.4 Å². The van der Waals surface area contributed by atoms with Crippen molar-refractivity contribution in [3.63, 3.8) is 0 Å². The van der Waals surface area contributed by atoms with E-state index in [1.807, 2.05) is 6.07 Å². The number of piperazine rings is 1. The Labute approximate surface area is 167 Å². The van der Waals surface area contributed by atoms with E-state index in [-0.39, 0.29) is 0 Å². The molecule has 1 N–H and O–H groups in total. The smallest absolute Gasteiger partial charge is 0.0832 e. The normalized spacial score (nSPS) is 21.1. The first kappa shape index (κ1) is 21.3. The molecule has 6 heteroatoms. The number of benzene rings is 1. The molecule has 142 valence electrons. The molecule has 1 saturated heterocycles. The summed E-state index contributed by atoms with van der Waals surface area (Å²) in [5, 5.41) is 4.35. The molecule has 0 aromatic heterocycles. The Morgan fingerprint density at radius 3 is 2.32 bits per heavy atom. The predicted molar refractivity (Wildman–Crippen MR) is 107 cm³/mol. The van der Waals surface area contributed by atoms with Gasteiger partial charge in [0, 0.05) is 37.7 Å². The summed E-state index contributed by atoms with van der Waals surface area (Å²) in [6.45, 7) is 5.83. The highest BCUT2D eigenvalue weighted by Crippen LogP contribution is 2.36. The fourth-order valence-electron chi connectivity index (χ4n) is 4.15. The molecule has 1 atom stereocenters. The molecule has 1 unspecified atom stereocenters. The van der Waals surface area contributed by atoms with Gasteiger partial charge in [-0.15, -0.1) is 0 Å². The van der Waals surface area contributed by atoms with Crippen molar-refractivity contribution < 1.29 is 3.84 Å². The van der Waals surface area contributed by atoms with Gasteiger partial charge < -0.3 is 10.2 Å². The van der Waals surface area contributed by atoms with Crippen LogP contribution in [0.25, 0.3) is 0 Å². The Morgan fingerprint density at radius 1 is 1.08 bits per heavy atom. The summed E-state index contributed by atoms with van der Waals surface area (Å²) in [7, 11) is 0. The summed E-state index contributed by atoms with van der Waals surface area (Å²) in [5.41, 5.74) is 1.46. The van der Waals surface area contributed by atoms with E-state index in [2.05, 4.69) is 56.0 Å². The molecule has 25 heavy (non-hydrogen) atoms. The molecule has 1 aromatic carbocycles. The fourth-order valence-corrected chi connectivity index (χ4v) is 4.35. The fraction of sp³-hybridized carbons (Fsp3) is 0.684. The zero-order valence-electron chi connectivity index (χ0n) is 14.7. The molecule has 2 fully saturated rings. The van der Waals surface area contributed by atoms with Gasteiger partial charge in [0.25, 0.3) is 0 Å². The van der Waals surface area contributed by atoms with Crippen molar-refractivity contribution in [3.05, 3.63) is 34.9 Å². The lowest BCUT2D eigenvalue weighted by Gasteiger charge is -2.35. The van der Waals surface area contributed by atoms with E-state index in [1.165, 1.54) is 63.7 Å². The Kier molecular flexibility index (Phi) is 10.5. The molecule has 1 saturated carbocycles. The highest BCUT2D eigenvalue weighted by molar-refractivity contribution is 6.30. The number of hydrogen-bond acceptors (Lipinski definition) is 3. The van der Waals surface area contributed by atoms with E-state index in [1.54, 1.807) is 0 Å². The standard InChI is InChI=1S/C19H29ClN2.Cl2O/c20-18-9-5-8-17(14-18)19(15-22-12-10-21-11-13-22)16-6-3-1-2-4-7-16;1-3-2/h5,8-9,14,16,19,21H,1-4,6-7,10-13,15H2;. The summed E-state index contributed by atoms with van der Waals surface area (Å²) in [6.07, 6.45) is 8.44. The minimum atomic E-state index is 0.648. The summed E-state index contributed by atoms with van der Waals surface area (Å²) in [5.74, 6) is 1.48. The van der Waals surface area contributed by atoms with Gasteiger partial charge in [-0.05, 0) is 42.4 Å². The van der Waals surface area contributed by atoms with E-state index < -0.39 is 0 Å². The van der Waals surface area contributed by atoms with Crippen molar-refractivity contribution in [2.75, 3.05) is 32.7 Å². The molecule has 1 aromatic rings. The van der Waals surface area contributed by atoms with Crippen molar-refractivity contribution in [3.8, 4) is 0 Å². The molecular formula is C19H29Cl3N2O. The first-order valence-electron chi connectivity index (χ1n) is 9.32. The SMILES string of the molecule is ClOCl.Clc1cccc(C(CN2CCNCC2)C2CCCCCC2)c1. The topological polar surface area (TPSA) is 24.5 Å². The number of nitrogens with one attached hydrogen (secondary N) is 1. The van der Waals surface area contributed by atoms with Gasteiger partial charge in [-0.25, -0.2) is 0 Å². The van der Waals surface area contributed by atoms with Gasteiger partial charge in [-0.1, -0.05) is 49.4 Å². The van der Waals surface area contributed by atoms with Crippen molar-refractivity contribution in [2.24, 2.45) is 5.92 Å². The van der Waals surface area contributed by atoms with Crippen LogP contribution in [0.15, 0.2) is 24.3 Å². The average molecular weight is 408 g/mol. The maximum Gasteiger partial charge on any atom is 0.0832 e. The van der Waals surface area contributed by atoms with E-state index in [9.17, 15) is 0 Å². The maximum absolute atomic E-state index is 6.28. The van der Waals surface area contributed by atoms with Gasteiger partial charge in [0.15, 0.2) is 0 Å². The van der Waals surface area contributed by atoms with Gasteiger partial charge in [0.05, 0.1) is 23.7 Å². The second kappa shape index (κ2) is 12.4. The van der Waals surface area contributed by atoms with Crippen molar-refractivity contribution >= 4 is 35.3 Å². The van der Waals surface area contributed by atoms with E-state index in [0.29, 0.717) is 5.92 Å². The number of hydrogen-bond donors (Lipinski definition) is 1. The minimum absolute atomic E-state index is 0.648. The molecule has 3 rings (SSSR count). The van der Waals surface area contributed by atoms with Crippen LogP contribution < -0.4 is 5.32 Å². The van der Waals surface area contributed by atoms with Gasteiger partial charge in [0.1, 0.15) is 0 Å². The third-order valence-corrected chi connectivity index (χ3v) is 5.65. The Hall–Kier alpha value is -0.0300. The molecule has 1 aliphatic carbocycles. The monoisotopic (exact) mass is 406 g/mol. The lowest BCUT2D eigenvalue weighted by molar-refractivity contribution is 0.198. The van der Waals surface area contributed by atoms with Gasteiger partial charge in [-0.3, -0.25) is 0 Å². The summed E-state index contributed by atoms with van der Waals surface area (Å²) >= 11 is 14.8. The molecule has 0 amide bonds. The van der Waals surface area contributed by atoms with Crippen LogP contribution in [0.1, 0.15) is 50.0 Å². The highest BCUT2D eigenvalue weighted by Gasteiger charge is 2.27. The molecule has 0 spiro atoms. The minimum Gasteiger partial charge on any atom is -0.314 e. The van der Waals surface area contributed by atoms with E-state index in [4.69, 9.17) is 11.6 Å². The lowest BCUT2D eigenvalue weighted by Crippen LogP contribution is -2.45. The Morgan fingerprint density at radius 2 is 1.72 bits per heavy atom. The van der Waals surface area contributed by atoms with Crippen LogP contribution >= 0.6 is 35.3 Å².